The zero-order valence-corrected chi connectivity index (χ0v) is 13.8. The van der Waals surface area contributed by atoms with E-state index in [-0.39, 0.29) is 0 Å². The van der Waals surface area contributed by atoms with E-state index in [0.29, 0.717) is 6.04 Å². The van der Waals surface area contributed by atoms with Crippen molar-refractivity contribution in [1.29, 1.82) is 0 Å². The number of aryl methyl sites for hydroxylation is 1. The lowest BCUT2D eigenvalue weighted by atomic mass is 10.0. The zero-order chi connectivity index (χ0) is 15.0. The molecule has 1 atom stereocenters. The number of nitrogens with one attached hydrogen (secondary N) is 1. The van der Waals surface area contributed by atoms with Gasteiger partial charge in [0, 0.05) is 23.9 Å². The molecule has 0 saturated heterocycles. The fraction of sp³-hybridized carbons (Fsp3) is 0.812. The number of hydrogen-bond acceptors (Lipinski definition) is 3. The second kappa shape index (κ2) is 9.14. The third-order valence-electron chi connectivity index (χ3n) is 3.63. The van der Waals surface area contributed by atoms with Crippen LogP contribution in [0.25, 0.3) is 0 Å². The topological polar surface area (TPSA) is 39.1 Å². The van der Waals surface area contributed by atoms with Gasteiger partial charge in [0.1, 0.15) is 0 Å². The van der Waals surface area contributed by atoms with Gasteiger partial charge in [0.15, 0.2) is 0 Å². The second-order valence-electron chi connectivity index (χ2n) is 5.33. The first-order chi connectivity index (χ1) is 9.65. The smallest absolute Gasteiger partial charge is 0.0662 e. The molecule has 0 aromatic carbocycles. The van der Waals surface area contributed by atoms with E-state index in [4.69, 9.17) is 4.74 Å². The van der Waals surface area contributed by atoms with Crippen molar-refractivity contribution >= 4 is 0 Å². The Morgan fingerprint density at radius 3 is 2.50 bits per heavy atom. The summed E-state index contributed by atoms with van der Waals surface area (Å²) in [6.07, 6.45) is 3.33. The number of hydrogen-bond donors (Lipinski definition) is 1. The summed E-state index contributed by atoms with van der Waals surface area (Å²) in [4.78, 5) is 0. The van der Waals surface area contributed by atoms with Gasteiger partial charge in [-0.15, -0.1) is 0 Å². The molecule has 1 aromatic rings. The van der Waals surface area contributed by atoms with Crippen LogP contribution in [0.1, 0.15) is 63.0 Å². The Balaban J connectivity index is 2.73. The molecule has 1 aromatic heterocycles. The molecule has 1 unspecified atom stereocenters. The molecule has 0 fully saturated rings. The van der Waals surface area contributed by atoms with Gasteiger partial charge in [-0.25, -0.2) is 0 Å². The van der Waals surface area contributed by atoms with Crippen LogP contribution in [0.4, 0.5) is 0 Å². The van der Waals surface area contributed by atoms with Gasteiger partial charge < -0.3 is 10.1 Å². The first-order valence-corrected chi connectivity index (χ1v) is 8.00. The van der Waals surface area contributed by atoms with Crippen molar-refractivity contribution in [2.24, 2.45) is 0 Å². The molecule has 0 radical (unpaired) electrons. The lowest BCUT2D eigenvalue weighted by molar-refractivity contribution is 0.124. The van der Waals surface area contributed by atoms with Crippen LogP contribution in [0.3, 0.4) is 0 Å². The Bertz CT molecular complexity index is 387. The highest BCUT2D eigenvalue weighted by Crippen LogP contribution is 2.24. The van der Waals surface area contributed by atoms with Crippen LogP contribution in [-0.2, 0) is 11.3 Å². The fourth-order valence-corrected chi connectivity index (χ4v) is 2.60. The predicted molar refractivity (Wildman–Crippen MR) is 84.1 cm³/mol. The SMILES string of the molecule is CCCNC(CC)c1c(C)nn(CCOCCC)c1C. The van der Waals surface area contributed by atoms with Gasteiger partial charge in [0.25, 0.3) is 0 Å². The maximum Gasteiger partial charge on any atom is 0.0662 e. The standard InChI is InChI=1S/C16H31N3O/c1-6-9-17-15(8-3)16-13(4)18-19(14(16)5)10-12-20-11-7-2/h15,17H,6-12H2,1-5H3. The third-order valence-corrected chi connectivity index (χ3v) is 3.63. The highest BCUT2D eigenvalue weighted by atomic mass is 16.5. The van der Waals surface area contributed by atoms with Crippen LogP contribution in [0.15, 0.2) is 0 Å². The maximum atomic E-state index is 5.57. The van der Waals surface area contributed by atoms with Crippen LogP contribution in [0, 0.1) is 13.8 Å². The summed E-state index contributed by atoms with van der Waals surface area (Å²) in [5.74, 6) is 0. The largest absolute Gasteiger partial charge is 0.380 e. The first kappa shape index (κ1) is 17.2. The molecular weight excluding hydrogens is 250 g/mol. The van der Waals surface area contributed by atoms with Gasteiger partial charge >= 0.3 is 0 Å². The second-order valence-corrected chi connectivity index (χ2v) is 5.33. The molecule has 116 valence electrons. The highest BCUT2D eigenvalue weighted by Gasteiger charge is 2.18. The van der Waals surface area contributed by atoms with Crippen molar-refractivity contribution in [3.63, 3.8) is 0 Å². The van der Waals surface area contributed by atoms with Gasteiger partial charge in [-0.1, -0.05) is 20.8 Å². The van der Waals surface area contributed by atoms with Crippen molar-refractivity contribution < 1.29 is 4.74 Å². The van der Waals surface area contributed by atoms with Gasteiger partial charge in [0.05, 0.1) is 18.8 Å². The van der Waals surface area contributed by atoms with Crippen molar-refractivity contribution in [1.82, 2.24) is 15.1 Å². The Morgan fingerprint density at radius 2 is 1.90 bits per heavy atom. The minimum Gasteiger partial charge on any atom is -0.380 e. The van der Waals surface area contributed by atoms with Crippen molar-refractivity contribution in [2.75, 3.05) is 19.8 Å². The zero-order valence-electron chi connectivity index (χ0n) is 13.8. The van der Waals surface area contributed by atoms with Crippen LogP contribution >= 0.6 is 0 Å². The Morgan fingerprint density at radius 1 is 1.15 bits per heavy atom. The summed E-state index contributed by atoms with van der Waals surface area (Å²) in [5.41, 5.74) is 3.79. The van der Waals surface area contributed by atoms with E-state index in [9.17, 15) is 0 Å². The molecule has 0 bridgehead atoms. The summed E-state index contributed by atoms with van der Waals surface area (Å²) in [6.45, 7) is 14.3. The average molecular weight is 281 g/mol. The molecule has 1 rings (SSSR count). The highest BCUT2D eigenvalue weighted by molar-refractivity contribution is 5.28. The molecule has 0 saturated carbocycles. The molecule has 0 aliphatic carbocycles. The minimum absolute atomic E-state index is 0.417. The molecule has 4 nitrogen and oxygen atoms in total. The van der Waals surface area contributed by atoms with Crippen molar-refractivity contribution in [3.05, 3.63) is 17.0 Å². The van der Waals surface area contributed by atoms with E-state index >= 15 is 0 Å². The van der Waals surface area contributed by atoms with Crippen molar-refractivity contribution in [2.45, 2.75) is 66.5 Å². The quantitative estimate of drug-likeness (QED) is 0.668. The number of ether oxygens (including phenoxy) is 1. The lowest BCUT2D eigenvalue weighted by Gasteiger charge is -2.17. The first-order valence-electron chi connectivity index (χ1n) is 8.00. The van der Waals surface area contributed by atoms with E-state index in [1.807, 2.05) is 0 Å². The normalized spacial score (nSPS) is 12.8. The summed E-state index contributed by atoms with van der Waals surface area (Å²) in [5, 5.41) is 8.30. The molecule has 1 N–H and O–H groups in total. The average Bonchev–Trinajstić information content (AvgIpc) is 2.72. The molecule has 4 heteroatoms. The minimum atomic E-state index is 0.417. The number of aromatic nitrogens is 2. The molecule has 0 spiro atoms. The molecule has 20 heavy (non-hydrogen) atoms. The van der Waals surface area contributed by atoms with E-state index < -0.39 is 0 Å². The molecular formula is C16H31N3O. The maximum absolute atomic E-state index is 5.57. The summed E-state index contributed by atoms with van der Waals surface area (Å²) < 4.78 is 7.66. The summed E-state index contributed by atoms with van der Waals surface area (Å²) in [7, 11) is 0. The van der Waals surface area contributed by atoms with Gasteiger partial charge in [-0.2, -0.15) is 5.10 Å². The van der Waals surface area contributed by atoms with Gasteiger partial charge in [-0.05, 0) is 39.7 Å². The number of rotatable bonds is 10. The van der Waals surface area contributed by atoms with E-state index in [1.165, 1.54) is 11.3 Å². The van der Waals surface area contributed by atoms with Gasteiger partial charge in [0.2, 0.25) is 0 Å². The molecule has 1 heterocycles. The van der Waals surface area contributed by atoms with Crippen LogP contribution in [0.5, 0.6) is 0 Å². The third kappa shape index (κ3) is 4.60. The number of nitrogens with zero attached hydrogens (tertiary/aromatic N) is 2. The summed E-state index contributed by atoms with van der Waals surface area (Å²) >= 11 is 0. The Hall–Kier alpha value is -0.870. The lowest BCUT2D eigenvalue weighted by Crippen LogP contribution is -2.22. The monoisotopic (exact) mass is 281 g/mol. The predicted octanol–water partition coefficient (Wildman–Crippen LogP) is 3.38. The fourth-order valence-electron chi connectivity index (χ4n) is 2.60. The summed E-state index contributed by atoms with van der Waals surface area (Å²) in [6, 6.07) is 0.417. The molecule has 0 amide bonds. The van der Waals surface area contributed by atoms with Crippen molar-refractivity contribution in [3.8, 4) is 0 Å². The van der Waals surface area contributed by atoms with E-state index in [0.717, 1.165) is 51.3 Å². The molecule has 0 aliphatic rings. The molecule has 0 aliphatic heterocycles. The van der Waals surface area contributed by atoms with Crippen LogP contribution < -0.4 is 5.32 Å². The Labute approximate surface area is 123 Å². The van der Waals surface area contributed by atoms with E-state index in [1.54, 1.807) is 0 Å². The van der Waals surface area contributed by atoms with Gasteiger partial charge in [-0.3, -0.25) is 4.68 Å². The van der Waals surface area contributed by atoms with E-state index in [2.05, 4.69) is 49.7 Å². The van der Waals surface area contributed by atoms with Crippen LogP contribution in [0.2, 0.25) is 0 Å². The van der Waals surface area contributed by atoms with Crippen LogP contribution in [-0.4, -0.2) is 29.5 Å². The Kier molecular flexibility index (Phi) is 7.85.